The average molecular weight is 386 g/mol. The van der Waals surface area contributed by atoms with Gasteiger partial charge in [0.2, 0.25) is 0 Å². The van der Waals surface area contributed by atoms with Crippen molar-refractivity contribution >= 4 is 33.5 Å². The number of carbonyl (C=O) groups excluding carboxylic acids is 2. The highest BCUT2D eigenvalue weighted by Gasteiger charge is 2.35. The van der Waals surface area contributed by atoms with Gasteiger partial charge < -0.3 is 5.32 Å². The third-order valence-corrected chi connectivity index (χ3v) is 5.26. The van der Waals surface area contributed by atoms with E-state index in [0.29, 0.717) is 16.4 Å². The number of hydrogen-bond donors (Lipinski definition) is 2. The summed E-state index contributed by atoms with van der Waals surface area (Å²) >= 11 is 0. The van der Waals surface area contributed by atoms with Crippen LogP contribution in [0.4, 0.5) is 29.5 Å². The zero-order valence-electron chi connectivity index (χ0n) is 12.9. The molecule has 1 aromatic carbocycles. The van der Waals surface area contributed by atoms with E-state index in [2.05, 4.69) is 15.6 Å². The molecule has 8 nitrogen and oxygen atoms in total. The number of aromatic nitrogens is 1. The normalized spacial score (nSPS) is 15.2. The number of urea groups is 1. The molecule has 2 N–H and O–H groups in total. The predicted octanol–water partition coefficient (Wildman–Crippen LogP) is 1.92. The zero-order valence-corrected chi connectivity index (χ0v) is 13.7. The van der Waals surface area contributed by atoms with Crippen LogP contribution in [-0.4, -0.2) is 36.7 Å². The molecule has 136 valence electrons. The third kappa shape index (κ3) is 2.83. The van der Waals surface area contributed by atoms with Gasteiger partial charge in [0.15, 0.2) is 23.3 Å². The fraction of sp³-hybridized carbons (Fsp3) is 0.0714. The van der Waals surface area contributed by atoms with E-state index >= 15 is 0 Å². The van der Waals surface area contributed by atoms with Gasteiger partial charge in [0.1, 0.15) is 4.90 Å². The molecule has 1 aromatic heterocycles. The highest BCUT2D eigenvalue weighted by Crippen LogP contribution is 2.28. The van der Waals surface area contributed by atoms with Crippen LogP contribution >= 0.6 is 0 Å². The van der Waals surface area contributed by atoms with Gasteiger partial charge in [0, 0.05) is 31.1 Å². The van der Waals surface area contributed by atoms with Crippen LogP contribution in [0.3, 0.4) is 0 Å². The van der Waals surface area contributed by atoms with E-state index < -0.39 is 44.3 Å². The maximum atomic E-state index is 13.2. The molecule has 2 heterocycles. The quantitative estimate of drug-likeness (QED) is 0.767. The Hall–Kier alpha value is -3.15. The number of carbonyl (C=O) groups is 2. The number of nitrogens with one attached hydrogen (secondary N) is 2. The van der Waals surface area contributed by atoms with Crippen LogP contribution in [0.25, 0.3) is 0 Å². The molecule has 26 heavy (non-hydrogen) atoms. The number of fused-ring (bicyclic) bond motifs is 1. The Bertz CT molecular complexity index is 1040. The third-order valence-electron chi connectivity index (χ3n) is 3.51. The number of anilines is 2. The van der Waals surface area contributed by atoms with Crippen molar-refractivity contribution < 1.29 is 31.2 Å². The molecular formula is C14H9F3N4O4S. The monoisotopic (exact) mass is 386 g/mol. The van der Waals surface area contributed by atoms with Crippen molar-refractivity contribution in [3.63, 3.8) is 0 Å². The first kappa shape index (κ1) is 17.7. The summed E-state index contributed by atoms with van der Waals surface area (Å²) in [5.41, 5.74) is -0.639. The minimum atomic E-state index is -4.21. The molecule has 0 spiro atoms. The second-order valence-corrected chi connectivity index (χ2v) is 7.12. The van der Waals surface area contributed by atoms with Crippen molar-refractivity contribution in [3.05, 3.63) is 47.4 Å². The summed E-state index contributed by atoms with van der Waals surface area (Å²) in [5, 5.41) is 4.33. The molecule has 3 amide bonds. The number of benzene rings is 1. The van der Waals surface area contributed by atoms with Gasteiger partial charge in [0.25, 0.3) is 15.9 Å². The molecule has 2 aromatic rings. The first-order chi connectivity index (χ1) is 12.1. The van der Waals surface area contributed by atoms with Crippen molar-refractivity contribution in [1.29, 1.82) is 0 Å². The Labute approximate surface area is 144 Å². The largest absolute Gasteiger partial charge is 0.336 e. The lowest BCUT2D eigenvalue weighted by Gasteiger charge is -2.24. The van der Waals surface area contributed by atoms with Crippen LogP contribution in [0.1, 0.15) is 10.4 Å². The maximum absolute atomic E-state index is 13.2. The van der Waals surface area contributed by atoms with E-state index in [1.54, 1.807) is 0 Å². The minimum Gasteiger partial charge on any atom is -0.322 e. The molecule has 0 saturated carbocycles. The van der Waals surface area contributed by atoms with E-state index in [1.807, 2.05) is 0 Å². The van der Waals surface area contributed by atoms with Gasteiger partial charge in [-0.25, -0.2) is 35.7 Å². The molecule has 0 radical (unpaired) electrons. The van der Waals surface area contributed by atoms with Crippen molar-refractivity contribution in [2.24, 2.45) is 0 Å². The average Bonchev–Trinajstić information content (AvgIpc) is 2.57. The maximum Gasteiger partial charge on any atom is 0.336 e. The summed E-state index contributed by atoms with van der Waals surface area (Å²) in [6.07, 6.45) is 0.964. The van der Waals surface area contributed by atoms with Gasteiger partial charge in [0.05, 0.1) is 5.56 Å². The van der Waals surface area contributed by atoms with Crippen LogP contribution in [-0.2, 0) is 10.0 Å². The van der Waals surface area contributed by atoms with E-state index in [1.165, 1.54) is 0 Å². The summed E-state index contributed by atoms with van der Waals surface area (Å²) < 4.78 is 64.2. The number of hydrogen-bond acceptors (Lipinski definition) is 5. The summed E-state index contributed by atoms with van der Waals surface area (Å²) in [4.78, 5) is 27.0. The Morgan fingerprint density at radius 2 is 1.81 bits per heavy atom. The zero-order chi connectivity index (χ0) is 19.2. The van der Waals surface area contributed by atoms with Gasteiger partial charge in [-0.05, 0) is 6.07 Å². The fourth-order valence-corrected chi connectivity index (χ4v) is 3.31. The smallest absolute Gasteiger partial charge is 0.322 e. The van der Waals surface area contributed by atoms with Gasteiger partial charge in [-0.1, -0.05) is 0 Å². The fourth-order valence-electron chi connectivity index (χ4n) is 2.13. The van der Waals surface area contributed by atoms with Crippen LogP contribution < -0.4 is 10.6 Å². The lowest BCUT2D eigenvalue weighted by molar-refractivity contribution is 0.102. The Kier molecular flexibility index (Phi) is 4.06. The molecule has 0 bridgehead atoms. The lowest BCUT2D eigenvalue weighted by atomic mass is 10.2. The van der Waals surface area contributed by atoms with Gasteiger partial charge in [-0.3, -0.25) is 10.1 Å². The number of amides is 3. The van der Waals surface area contributed by atoms with Crippen LogP contribution in [0, 0.1) is 17.5 Å². The van der Waals surface area contributed by atoms with Gasteiger partial charge >= 0.3 is 6.03 Å². The van der Waals surface area contributed by atoms with E-state index in [4.69, 9.17) is 0 Å². The molecule has 1 aliphatic heterocycles. The first-order valence-corrected chi connectivity index (χ1v) is 8.31. The van der Waals surface area contributed by atoms with Crippen molar-refractivity contribution in [3.8, 4) is 0 Å². The molecule has 0 saturated heterocycles. The van der Waals surface area contributed by atoms with Crippen LogP contribution in [0.15, 0.2) is 29.3 Å². The van der Waals surface area contributed by atoms with E-state index in [0.717, 1.165) is 19.3 Å². The van der Waals surface area contributed by atoms with E-state index in [-0.39, 0.29) is 17.1 Å². The Balaban J connectivity index is 1.95. The molecule has 0 fully saturated rings. The van der Waals surface area contributed by atoms with Crippen LogP contribution in [0.2, 0.25) is 0 Å². The lowest BCUT2D eigenvalue weighted by Crippen LogP contribution is -2.41. The summed E-state index contributed by atoms with van der Waals surface area (Å²) in [6, 6.07) is 1.15. The highest BCUT2D eigenvalue weighted by molar-refractivity contribution is 7.90. The number of sulfonamides is 1. The Morgan fingerprint density at radius 1 is 1.19 bits per heavy atom. The van der Waals surface area contributed by atoms with Crippen molar-refractivity contribution in [2.75, 3.05) is 17.7 Å². The number of pyridine rings is 1. The highest BCUT2D eigenvalue weighted by atomic mass is 32.2. The standard InChI is InChI=1S/C14H9F3N4O4S/c1-21-14(23)20-12-10(26(21,24)25)2-6(5-18-12)13(22)19-7-3-8(15)11(17)9(16)4-7/h2-5H,1H3,(H,19,22)(H,18,20,23). The molecule has 1 aliphatic rings. The summed E-state index contributed by atoms with van der Waals surface area (Å²) in [5.74, 6) is -5.90. The van der Waals surface area contributed by atoms with Gasteiger partial charge in [-0.2, -0.15) is 0 Å². The molecule has 3 rings (SSSR count). The summed E-state index contributed by atoms with van der Waals surface area (Å²) in [6.45, 7) is 0. The number of halogens is 3. The van der Waals surface area contributed by atoms with Crippen molar-refractivity contribution in [2.45, 2.75) is 4.90 Å². The SMILES string of the molecule is CN1C(=O)Nc2ncc(C(=O)Nc3cc(F)c(F)c(F)c3)cc2S1(=O)=O. The van der Waals surface area contributed by atoms with Crippen molar-refractivity contribution in [1.82, 2.24) is 9.29 Å². The van der Waals surface area contributed by atoms with E-state index in [9.17, 15) is 31.2 Å². The topological polar surface area (TPSA) is 108 Å². The second kappa shape index (κ2) is 5.98. The summed E-state index contributed by atoms with van der Waals surface area (Å²) in [7, 11) is -3.19. The molecule has 12 heteroatoms. The first-order valence-electron chi connectivity index (χ1n) is 6.87. The minimum absolute atomic E-state index is 0.261. The molecule has 0 unspecified atom stereocenters. The molecular weight excluding hydrogens is 377 g/mol. The molecule has 0 aliphatic carbocycles. The number of nitrogens with zero attached hydrogens (tertiary/aromatic N) is 2. The number of rotatable bonds is 2. The molecule has 0 atom stereocenters. The Morgan fingerprint density at radius 3 is 2.42 bits per heavy atom. The second-order valence-electron chi connectivity index (χ2n) is 5.18. The van der Waals surface area contributed by atoms with Gasteiger partial charge in [-0.15, -0.1) is 0 Å². The predicted molar refractivity (Wildman–Crippen MR) is 82.5 cm³/mol. The van der Waals surface area contributed by atoms with Crippen LogP contribution in [0.5, 0.6) is 0 Å².